The highest BCUT2D eigenvalue weighted by Gasteiger charge is 2.35. The first-order valence-electron chi connectivity index (χ1n) is 6.34. The molecule has 0 amide bonds. The molecule has 0 saturated carbocycles. The van der Waals surface area contributed by atoms with Gasteiger partial charge in [-0.15, -0.1) is 0 Å². The zero-order chi connectivity index (χ0) is 14.3. The summed E-state index contributed by atoms with van der Waals surface area (Å²) in [4.78, 5) is 0. The Morgan fingerprint density at radius 2 is 2.20 bits per heavy atom. The third kappa shape index (κ3) is 2.44. The molecule has 0 radical (unpaired) electrons. The fourth-order valence-corrected chi connectivity index (χ4v) is 4.57. The third-order valence-corrected chi connectivity index (χ3v) is 5.52. The largest absolute Gasteiger partial charge is 0.459 e. The second-order valence-electron chi connectivity index (χ2n) is 5.14. The van der Waals surface area contributed by atoms with E-state index in [0.29, 0.717) is 23.2 Å². The van der Waals surface area contributed by atoms with Crippen molar-refractivity contribution in [1.29, 1.82) is 0 Å². The highest BCUT2D eigenvalue weighted by atomic mass is 32.2. The highest BCUT2D eigenvalue weighted by molar-refractivity contribution is 7.91. The number of hydrogen-bond acceptors (Lipinski definition) is 5. The molecule has 7 heteroatoms. The number of furan rings is 1. The van der Waals surface area contributed by atoms with Crippen molar-refractivity contribution >= 4 is 20.8 Å². The Balaban J connectivity index is 1.95. The fourth-order valence-electron chi connectivity index (χ4n) is 2.73. The highest BCUT2D eigenvalue weighted by Crippen LogP contribution is 2.33. The van der Waals surface area contributed by atoms with E-state index in [1.54, 1.807) is 12.1 Å². The predicted molar refractivity (Wildman–Crippen MR) is 73.0 cm³/mol. The van der Waals surface area contributed by atoms with Crippen molar-refractivity contribution in [3.8, 4) is 0 Å². The van der Waals surface area contributed by atoms with Gasteiger partial charge in [0.2, 0.25) is 0 Å². The molecule has 1 aliphatic heterocycles. The van der Waals surface area contributed by atoms with Gasteiger partial charge in [-0.3, -0.25) is 5.84 Å². The molecule has 1 aromatic heterocycles. The van der Waals surface area contributed by atoms with Crippen LogP contribution in [0.5, 0.6) is 0 Å². The van der Waals surface area contributed by atoms with E-state index < -0.39 is 9.84 Å². The maximum Gasteiger partial charge on any atom is 0.150 e. The van der Waals surface area contributed by atoms with Crippen LogP contribution in [-0.2, 0) is 9.84 Å². The zero-order valence-electron chi connectivity index (χ0n) is 10.7. The quantitative estimate of drug-likeness (QED) is 0.663. The fraction of sp³-hybridized carbons (Fsp3) is 0.385. The lowest BCUT2D eigenvalue weighted by atomic mass is 9.97. The van der Waals surface area contributed by atoms with Crippen molar-refractivity contribution in [3.63, 3.8) is 0 Å². The van der Waals surface area contributed by atoms with Crippen LogP contribution < -0.4 is 11.3 Å². The number of rotatable bonds is 3. The van der Waals surface area contributed by atoms with Crippen LogP contribution in [0.4, 0.5) is 4.39 Å². The monoisotopic (exact) mass is 298 g/mol. The van der Waals surface area contributed by atoms with Gasteiger partial charge in [-0.25, -0.2) is 18.2 Å². The van der Waals surface area contributed by atoms with Crippen LogP contribution in [0.2, 0.25) is 0 Å². The van der Waals surface area contributed by atoms with Gasteiger partial charge in [-0.05, 0) is 36.6 Å². The minimum absolute atomic E-state index is 0.0905. The van der Waals surface area contributed by atoms with Gasteiger partial charge in [0.15, 0.2) is 9.84 Å². The molecule has 3 N–H and O–H groups in total. The first kappa shape index (κ1) is 13.5. The standard InChI is InChI=1S/C13H15FN2O3S/c14-10-1-2-11-9(5-10)6-12(19-11)13(16-15)8-3-4-20(17,18)7-8/h1-2,5-6,8,13,16H,3-4,7,15H2. The molecule has 2 atom stereocenters. The normalized spacial score (nSPS) is 23.2. The van der Waals surface area contributed by atoms with Gasteiger partial charge in [0, 0.05) is 5.39 Å². The minimum Gasteiger partial charge on any atom is -0.459 e. The van der Waals surface area contributed by atoms with Gasteiger partial charge in [0.1, 0.15) is 17.2 Å². The summed E-state index contributed by atoms with van der Waals surface area (Å²) >= 11 is 0. The van der Waals surface area contributed by atoms with Crippen LogP contribution >= 0.6 is 0 Å². The van der Waals surface area contributed by atoms with Gasteiger partial charge in [0.05, 0.1) is 17.5 Å². The second-order valence-corrected chi connectivity index (χ2v) is 7.37. The van der Waals surface area contributed by atoms with E-state index in [9.17, 15) is 12.8 Å². The van der Waals surface area contributed by atoms with E-state index in [2.05, 4.69) is 5.43 Å². The maximum atomic E-state index is 13.2. The number of fused-ring (bicyclic) bond motifs is 1. The molecule has 1 saturated heterocycles. The molecule has 1 fully saturated rings. The Labute approximate surface area is 115 Å². The molecule has 3 rings (SSSR count). The number of nitrogens with one attached hydrogen (secondary N) is 1. The summed E-state index contributed by atoms with van der Waals surface area (Å²) in [6.45, 7) is 0. The number of hydrazine groups is 1. The summed E-state index contributed by atoms with van der Waals surface area (Å²) in [5.41, 5.74) is 3.18. The topological polar surface area (TPSA) is 85.3 Å². The van der Waals surface area contributed by atoms with Crippen LogP contribution in [0, 0.1) is 11.7 Å². The van der Waals surface area contributed by atoms with Crippen molar-refractivity contribution in [2.24, 2.45) is 11.8 Å². The van der Waals surface area contributed by atoms with Crippen LogP contribution in [-0.4, -0.2) is 19.9 Å². The Bertz CT molecular complexity index is 741. The van der Waals surface area contributed by atoms with Crippen molar-refractivity contribution < 1.29 is 17.2 Å². The molecule has 0 spiro atoms. The van der Waals surface area contributed by atoms with Crippen molar-refractivity contribution in [3.05, 3.63) is 35.8 Å². The maximum absolute atomic E-state index is 13.2. The first-order chi connectivity index (χ1) is 9.48. The molecule has 1 aliphatic rings. The summed E-state index contributed by atoms with van der Waals surface area (Å²) in [6, 6.07) is 5.56. The van der Waals surface area contributed by atoms with Gasteiger partial charge in [-0.2, -0.15) is 0 Å². The van der Waals surface area contributed by atoms with Crippen LogP contribution in [0.25, 0.3) is 11.0 Å². The Hall–Kier alpha value is -1.44. The number of sulfone groups is 1. The number of halogens is 1. The number of nitrogens with two attached hydrogens (primary N) is 1. The molecule has 5 nitrogen and oxygen atoms in total. The Morgan fingerprint density at radius 3 is 2.85 bits per heavy atom. The lowest BCUT2D eigenvalue weighted by molar-refractivity contribution is 0.342. The smallest absolute Gasteiger partial charge is 0.150 e. The molecule has 2 heterocycles. The zero-order valence-corrected chi connectivity index (χ0v) is 11.5. The lowest BCUT2D eigenvalue weighted by Gasteiger charge is -2.18. The lowest BCUT2D eigenvalue weighted by Crippen LogP contribution is -2.33. The summed E-state index contributed by atoms with van der Waals surface area (Å²) < 4.78 is 41.9. The van der Waals surface area contributed by atoms with Crippen LogP contribution in [0.15, 0.2) is 28.7 Å². The summed E-state index contributed by atoms with van der Waals surface area (Å²) in [7, 11) is -2.99. The third-order valence-electron chi connectivity index (χ3n) is 3.72. The second kappa shape index (κ2) is 4.83. The van der Waals surface area contributed by atoms with E-state index in [0.717, 1.165) is 0 Å². The van der Waals surface area contributed by atoms with Gasteiger partial charge in [0.25, 0.3) is 0 Å². The van der Waals surface area contributed by atoms with Gasteiger partial charge >= 0.3 is 0 Å². The molecular formula is C13H15FN2O3S. The van der Waals surface area contributed by atoms with Crippen LogP contribution in [0.3, 0.4) is 0 Å². The summed E-state index contributed by atoms with van der Waals surface area (Å²) in [5, 5.41) is 0.640. The Kier molecular flexibility index (Phi) is 3.27. The molecule has 0 bridgehead atoms. The van der Waals surface area contributed by atoms with E-state index in [4.69, 9.17) is 10.3 Å². The van der Waals surface area contributed by atoms with E-state index in [1.807, 2.05) is 0 Å². The van der Waals surface area contributed by atoms with E-state index in [1.165, 1.54) is 12.1 Å². The van der Waals surface area contributed by atoms with E-state index in [-0.39, 0.29) is 29.3 Å². The molecule has 20 heavy (non-hydrogen) atoms. The Morgan fingerprint density at radius 1 is 1.40 bits per heavy atom. The van der Waals surface area contributed by atoms with Crippen molar-refractivity contribution in [2.75, 3.05) is 11.5 Å². The number of hydrogen-bond donors (Lipinski definition) is 2. The average Bonchev–Trinajstić information content (AvgIpc) is 2.93. The van der Waals surface area contributed by atoms with Gasteiger partial charge < -0.3 is 4.42 Å². The molecule has 2 unspecified atom stereocenters. The molecule has 0 aliphatic carbocycles. The van der Waals surface area contributed by atoms with Crippen molar-refractivity contribution in [1.82, 2.24) is 5.43 Å². The molecule has 1 aromatic carbocycles. The van der Waals surface area contributed by atoms with Crippen molar-refractivity contribution in [2.45, 2.75) is 12.5 Å². The van der Waals surface area contributed by atoms with E-state index >= 15 is 0 Å². The number of benzene rings is 1. The summed E-state index contributed by atoms with van der Waals surface area (Å²) in [5.74, 6) is 5.87. The van der Waals surface area contributed by atoms with Crippen LogP contribution in [0.1, 0.15) is 18.2 Å². The summed E-state index contributed by atoms with van der Waals surface area (Å²) in [6.07, 6.45) is 0.544. The van der Waals surface area contributed by atoms with Gasteiger partial charge in [-0.1, -0.05) is 0 Å². The minimum atomic E-state index is -2.99. The molecule has 2 aromatic rings. The predicted octanol–water partition coefficient (Wildman–Crippen LogP) is 1.51. The SMILES string of the molecule is NNC(c1cc2cc(F)ccc2o1)C1CCS(=O)(=O)C1. The first-order valence-corrected chi connectivity index (χ1v) is 8.16. The molecular weight excluding hydrogens is 283 g/mol. The average molecular weight is 298 g/mol. The molecule has 108 valence electrons.